The van der Waals surface area contributed by atoms with Gasteiger partial charge in [-0.3, -0.25) is 4.98 Å². The number of pyridine rings is 1. The first-order chi connectivity index (χ1) is 11.2. The molecule has 4 nitrogen and oxygen atoms in total. The topological polar surface area (TPSA) is 51.2 Å². The summed E-state index contributed by atoms with van der Waals surface area (Å²) in [5, 5.41) is 3.19. The Morgan fingerprint density at radius 2 is 2.16 bits per heavy atom. The number of nitrogens with one attached hydrogen (secondary N) is 1. The van der Waals surface area contributed by atoms with Gasteiger partial charge >= 0.3 is 51.4 Å². The minimum Gasteiger partial charge on any atom is -0.549 e. The molecular weight excluding hydrogens is 511 g/mol. The Hall–Kier alpha value is 0.775. The Kier molecular flexibility index (Phi) is 14.3. The van der Waals surface area contributed by atoms with Crippen molar-refractivity contribution in [1.29, 1.82) is 0 Å². The van der Waals surface area contributed by atoms with Crippen molar-refractivity contribution in [3.8, 4) is 5.75 Å². The van der Waals surface area contributed by atoms with E-state index in [1.54, 1.807) is 0 Å². The smallest absolute Gasteiger partial charge is 0.549 e. The zero-order valence-electron chi connectivity index (χ0n) is 15.4. The number of hydrogen-bond acceptors (Lipinski definition) is 4. The Morgan fingerprint density at radius 1 is 1.48 bits per heavy atom. The van der Waals surface area contributed by atoms with Crippen LogP contribution >= 0.6 is 0 Å². The molecule has 1 aromatic rings. The third-order valence-electron chi connectivity index (χ3n) is 4.12. The maximum absolute atomic E-state index is 9.38. The SMILES string of the molecule is CNCCc1cc2c(c(C3CCC3)n1)OCC[CH-]2.[CH2-]C([CH2-])C=O.[K+].[W]. The van der Waals surface area contributed by atoms with Crippen LogP contribution in [-0.4, -0.2) is 31.5 Å². The minimum atomic E-state index is -0.296. The van der Waals surface area contributed by atoms with Gasteiger partial charge in [-0.1, -0.05) is 6.42 Å². The van der Waals surface area contributed by atoms with Gasteiger partial charge in [0.2, 0.25) is 0 Å². The second-order valence-electron chi connectivity index (χ2n) is 6.14. The molecule has 2 aliphatic rings. The molecule has 25 heavy (non-hydrogen) atoms. The van der Waals surface area contributed by atoms with Gasteiger partial charge in [0.05, 0.1) is 12.9 Å². The Morgan fingerprint density at radius 3 is 2.68 bits per heavy atom. The van der Waals surface area contributed by atoms with E-state index in [9.17, 15) is 4.79 Å². The third kappa shape index (κ3) is 8.12. The Bertz CT molecular complexity index is 522. The molecule has 0 spiro atoms. The van der Waals surface area contributed by atoms with Gasteiger partial charge in [0.15, 0.2) is 0 Å². The molecule has 3 rings (SSSR count). The van der Waals surface area contributed by atoms with Gasteiger partial charge in [0.1, 0.15) is 0 Å². The Balaban J connectivity index is 0.000000734. The fraction of sp³-hybridized carbons (Fsp3) is 0.526. The Labute approximate surface area is 209 Å². The van der Waals surface area contributed by atoms with Crippen molar-refractivity contribution < 1.29 is 82.0 Å². The molecule has 2 heterocycles. The fourth-order valence-electron chi connectivity index (χ4n) is 2.65. The van der Waals surface area contributed by atoms with Crippen LogP contribution in [0.15, 0.2) is 6.07 Å². The number of carbonyl (C=O) groups excluding carboxylic acids is 1. The zero-order valence-corrected chi connectivity index (χ0v) is 21.5. The molecule has 1 aromatic heterocycles. The number of likely N-dealkylation sites (N-methyl/N-ethyl adjacent to an activating group) is 1. The van der Waals surface area contributed by atoms with Crippen LogP contribution in [0.2, 0.25) is 0 Å². The quantitative estimate of drug-likeness (QED) is 0.324. The van der Waals surface area contributed by atoms with E-state index in [-0.39, 0.29) is 78.4 Å². The fourth-order valence-corrected chi connectivity index (χ4v) is 2.65. The van der Waals surface area contributed by atoms with Crippen molar-refractivity contribution in [3.05, 3.63) is 43.3 Å². The van der Waals surface area contributed by atoms with E-state index in [0.717, 1.165) is 31.7 Å². The van der Waals surface area contributed by atoms with Crippen LogP contribution < -0.4 is 61.4 Å². The van der Waals surface area contributed by atoms with E-state index in [1.807, 2.05) is 7.05 Å². The van der Waals surface area contributed by atoms with E-state index in [4.69, 9.17) is 9.72 Å². The van der Waals surface area contributed by atoms with Crippen molar-refractivity contribution in [2.45, 2.75) is 38.0 Å². The standard InChI is InChI=1S/C15H21N2O.C4H6O.K.W/c1-16-8-7-13-10-12-6-3-9-18-15(12)14(17-13)11-4-2-5-11;1-4(2)3-5;;/h6,10-11,16H,2-5,7-9H2,1H3;3-4H,1-2H2;;/q-1;-2;+1;. The summed E-state index contributed by atoms with van der Waals surface area (Å²) in [6.45, 7) is 8.35. The van der Waals surface area contributed by atoms with E-state index < -0.39 is 0 Å². The summed E-state index contributed by atoms with van der Waals surface area (Å²) >= 11 is 0. The number of hydrogen-bond donors (Lipinski definition) is 1. The molecule has 0 aromatic carbocycles. The molecule has 0 bridgehead atoms. The van der Waals surface area contributed by atoms with Gasteiger partial charge in [-0.15, -0.1) is 11.6 Å². The predicted octanol–water partition coefficient (Wildman–Crippen LogP) is -0.0829. The van der Waals surface area contributed by atoms with Crippen molar-refractivity contribution in [3.63, 3.8) is 0 Å². The summed E-state index contributed by atoms with van der Waals surface area (Å²) in [5.74, 6) is 1.41. The first kappa shape index (κ1) is 25.8. The average molecular weight is 538 g/mol. The van der Waals surface area contributed by atoms with Crippen LogP contribution in [-0.2, 0) is 32.3 Å². The summed E-state index contributed by atoms with van der Waals surface area (Å²) in [4.78, 5) is 14.2. The average Bonchev–Trinajstić information content (AvgIpc) is 2.52. The van der Waals surface area contributed by atoms with E-state index in [1.165, 1.54) is 36.2 Å². The number of aldehydes is 1. The number of fused-ring (bicyclic) bond motifs is 1. The van der Waals surface area contributed by atoms with Crippen molar-refractivity contribution in [1.82, 2.24) is 10.3 Å². The molecular formula is C19H27KN2O2W-2. The van der Waals surface area contributed by atoms with E-state index >= 15 is 0 Å². The molecule has 6 heteroatoms. The van der Waals surface area contributed by atoms with Crippen LogP contribution in [0.1, 0.15) is 48.6 Å². The van der Waals surface area contributed by atoms with Crippen molar-refractivity contribution in [2.75, 3.05) is 20.2 Å². The van der Waals surface area contributed by atoms with Gasteiger partial charge < -0.3 is 28.7 Å². The monoisotopic (exact) mass is 538 g/mol. The third-order valence-corrected chi connectivity index (χ3v) is 4.12. The molecule has 0 amide bonds. The number of ether oxygens (including phenoxy) is 1. The van der Waals surface area contributed by atoms with Crippen LogP contribution in [0.5, 0.6) is 5.75 Å². The van der Waals surface area contributed by atoms with Gasteiger partial charge in [-0.05, 0) is 50.9 Å². The molecule has 1 N–H and O–H groups in total. The second kappa shape index (κ2) is 13.9. The number of carbonyl (C=O) groups is 1. The van der Waals surface area contributed by atoms with E-state index in [0.29, 0.717) is 12.2 Å². The summed E-state index contributed by atoms with van der Waals surface area (Å²) < 4.78 is 5.86. The van der Waals surface area contributed by atoms with Gasteiger partial charge in [-0.25, -0.2) is 5.92 Å². The van der Waals surface area contributed by atoms with Gasteiger partial charge in [0, 0.05) is 32.5 Å². The summed E-state index contributed by atoms with van der Waals surface area (Å²) in [6.07, 6.45) is 8.90. The minimum absolute atomic E-state index is 0. The molecule has 0 atom stereocenters. The summed E-state index contributed by atoms with van der Waals surface area (Å²) in [7, 11) is 1.99. The van der Waals surface area contributed by atoms with Crippen LogP contribution in [0.4, 0.5) is 0 Å². The number of rotatable bonds is 5. The first-order valence-corrected chi connectivity index (χ1v) is 8.41. The largest absolute Gasteiger partial charge is 1.00 e. The zero-order chi connectivity index (χ0) is 16.7. The molecule has 0 unspecified atom stereocenters. The summed E-state index contributed by atoms with van der Waals surface area (Å²) in [5.41, 5.74) is 3.69. The molecule has 134 valence electrons. The van der Waals surface area contributed by atoms with Gasteiger partial charge in [0.25, 0.3) is 0 Å². The van der Waals surface area contributed by atoms with Crippen LogP contribution in [0.3, 0.4) is 0 Å². The predicted molar refractivity (Wildman–Crippen MR) is 92.2 cm³/mol. The molecule has 1 aliphatic heterocycles. The van der Waals surface area contributed by atoms with Crippen molar-refractivity contribution in [2.24, 2.45) is 5.92 Å². The maximum atomic E-state index is 9.38. The molecule has 1 saturated carbocycles. The molecule has 0 radical (unpaired) electrons. The summed E-state index contributed by atoms with van der Waals surface area (Å²) in [6, 6.07) is 2.20. The van der Waals surface area contributed by atoms with Crippen LogP contribution in [0, 0.1) is 26.2 Å². The van der Waals surface area contributed by atoms with Crippen molar-refractivity contribution >= 4 is 6.29 Å². The maximum Gasteiger partial charge on any atom is 1.00 e. The van der Waals surface area contributed by atoms with Gasteiger partial charge in [-0.2, -0.15) is 6.42 Å². The molecule has 0 saturated heterocycles. The van der Waals surface area contributed by atoms with E-state index in [2.05, 4.69) is 31.7 Å². The molecule has 1 aliphatic carbocycles. The van der Waals surface area contributed by atoms with Crippen LogP contribution in [0.25, 0.3) is 0 Å². The molecule has 1 fully saturated rings. The second-order valence-corrected chi connectivity index (χ2v) is 6.14. The number of aromatic nitrogens is 1. The normalized spacial score (nSPS) is 15.0. The first-order valence-electron chi connectivity index (χ1n) is 8.41. The number of nitrogens with zero attached hydrogens (tertiary/aromatic N) is 1.